The van der Waals surface area contributed by atoms with Crippen molar-refractivity contribution in [2.24, 2.45) is 0 Å². The maximum absolute atomic E-state index is 12.7. The molecule has 172 valence electrons. The SMILES string of the molecule is COc1ccccc1NS(=O)(=O)c1ccc(C=CC(=O)NCCc2ccc(Cl)cc2Cl)cc1. The smallest absolute Gasteiger partial charge is 0.262 e. The molecule has 0 aliphatic carbocycles. The van der Waals surface area contributed by atoms with Crippen molar-refractivity contribution in [3.8, 4) is 5.75 Å². The van der Waals surface area contributed by atoms with Gasteiger partial charge in [-0.15, -0.1) is 0 Å². The summed E-state index contributed by atoms with van der Waals surface area (Å²) in [4.78, 5) is 12.2. The molecule has 0 unspecified atom stereocenters. The Kier molecular flexibility index (Phi) is 8.38. The van der Waals surface area contributed by atoms with Crippen molar-refractivity contribution >= 4 is 50.9 Å². The summed E-state index contributed by atoms with van der Waals surface area (Å²) in [6.45, 7) is 0.413. The third-order valence-electron chi connectivity index (χ3n) is 4.68. The Morgan fingerprint density at radius 3 is 2.45 bits per heavy atom. The third kappa shape index (κ3) is 6.99. The normalized spacial score (nSPS) is 11.4. The van der Waals surface area contributed by atoms with Crippen molar-refractivity contribution in [3.05, 3.63) is 94.0 Å². The quantitative estimate of drug-likeness (QED) is 0.393. The number of rotatable bonds is 9. The van der Waals surface area contributed by atoms with Crippen molar-refractivity contribution in [1.29, 1.82) is 0 Å². The van der Waals surface area contributed by atoms with Gasteiger partial charge < -0.3 is 10.1 Å². The van der Waals surface area contributed by atoms with Gasteiger partial charge in [-0.2, -0.15) is 0 Å². The highest BCUT2D eigenvalue weighted by Crippen LogP contribution is 2.26. The lowest BCUT2D eigenvalue weighted by molar-refractivity contribution is -0.116. The van der Waals surface area contributed by atoms with Crippen LogP contribution in [-0.2, 0) is 21.2 Å². The molecule has 0 saturated heterocycles. The number of halogens is 2. The van der Waals surface area contributed by atoms with Crippen molar-refractivity contribution in [3.63, 3.8) is 0 Å². The fourth-order valence-corrected chi connectivity index (χ4v) is 4.54. The molecule has 0 atom stereocenters. The van der Waals surface area contributed by atoms with E-state index in [1.807, 2.05) is 6.07 Å². The molecule has 3 rings (SSSR count). The van der Waals surface area contributed by atoms with Crippen LogP contribution in [0.1, 0.15) is 11.1 Å². The number of sulfonamides is 1. The van der Waals surface area contributed by atoms with E-state index in [2.05, 4.69) is 10.0 Å². The van der Waals surface area contributed by atoms with Crippen LogP contribution < -0.4 is 14.8 Å². The van der Waals surface area contributed by atoms with Gasteiger partial charge in [0.1, 0.15) is 5.75 Å². The molecule has 9 heteroatoms. The molecule has 3 aromatic rings. The lowest BCUT2D eigenvalue weighted by Gasteiger charge is -2.11. The van der Waals surface area contributed by atoms with Crippen LogP contribution in [-0.4, -0.2) is 28.0 Å². The summed E-state index contributed by atoms with van der Waals surface area (Å²) in [6.07, 6.45) is 3.57. The first-order valence-electron chi connectivity index (χ1n) is 9.94. The van der Waals surface area contributed by atoms with E-state index in [-0.39, 0.29) is 10.8 Å². The Morgan fingerprint density at radius 2 is 1.76 bits per heavy atom. The van der Waals surface area contributed by atoms with Gasteiger partial charge in [0.15, 0.2) is 0 Å². The molecule has 0 aromatic heterocycles. The first kappa shape index (κ1) is 24.6. The monoisotopic (exact) mass is 504 g/mol. The maximum Gasteiger partial charge on any atom is 0.262 e. The van der Waals surface area contributed by atoms with Crippen molar-refractivity contribution in [1.82, 2.24) is 5.32 Å². The van der Waals surface area contributed by atoms with Crippen molar-refractivity contribution in [2.75, 3.05) is 18.4 Å². The third-order valence-corrected chi connectivity index (χ3v) is 6.65. The molecular formula is C24H22Cl2N2O4S. The zero-order chi connectivity index (χ0) is 23.8. The molecule has 0 aliphatic heterocycles. The van der Waals surface area contributed by atoms with Crippen LogP contribution in [0.25, 0.3) is 6.08 Å². The van der Waals surface area contributed by atoms with Crippen LogP contribution in [0.4, 0.5) is 5.69 Å². The molecule has 3 aromatic carbocycles. The molecule has 0 saturated carbocycles. The maximum atomic E-state index is 12.7. The molecule has 0 spiro atoms. The summed E-state index contributed by atoms with van der Waals surface area (Å²) < 4.78 is 33.0. The zero-order valence-electron chi connectivity index (χ0n) is 17.7. The van der Waals surface area contributed by atoms with E-state index in [9.17, 15) is 13.2 Å². The number of carbonyl (C=O) groups is 1. The second-order valence-corrected chi connectivity index (χ2v) is 9.51. The lowest BCUT2D eigenvalue weighted by Crippen LogP contribution is -2.23. The van der Waals surface area contributed by atoms with Gasteiger partial charge in [0.25, 0.3) is 10.0 Å². The zero-order valence-corrected chi connectivity index (χ0v) is 20.0. The highest BCUT2D eigenvalue weighted by Gasteiger charge is 2.16. The minimum Gasteiger partial charge on any atom is -0.495 e. The molecule has 0 radical (unpaired) electrons. The van der Waals surface area contributed by atoms with E-state index >= 15 is 0 Å². The van der Waals surface area contributed by atoms with Gasteiger partial charge in [0.05, 0.1) is 17.7 Å². The minimum absolute atomic E-state index is 0.0925. The fourth-order valence-electron chi connectivity index (χ4n) is 2.97. The van der Waals surface area contributed by atoms with Crippen LogP contribution in [0.15, 0.2) is 77.7 Å². The topological polar surface area (TPSA) is 84.5 Å². The Labute approximate surface area is 203 Å². The van der Waals surface area contributed by atoms with E-state index in [4.69, 9.17) is 27.9 Å². The van der Waals surface area contributed by atoms with Crippen LogP contribution in [0.2, 0.25) is 10.0 Å². The standard InChI is InChI=1S/C24H22Cl2N2O4S/c1-32-23-5-3-2-4-22(23)28-33(30,31)20-11-6-17(7-12-20)8-13-24(29)27-15-14-18-9-10-19(25)16-21(18)26/h2-13,16,28H,14-15H2,1H3,(H,27,29). The molecular weight excluding hydrogens is 483 g/mol. The Hall–Kier alpha value is -3.00. The van der Waals surface area contributed by atoms with Gasteiger partial charge in [-0.3, -0.25) is 9.52 Å². The summed E-state index contributed by atoms with van der Waals surface area (Å²) in [5.74, 6) is 0.152. The average molecular weight is 505 g/mol. The first-order valence-corrected chi connectivity index (χ1v) is 12.2. The Morgan fingerprint density at radius 1 is 1.03 bits per heavy atom. The lowest BCUT2D eigenvalue weighted by atomic mass is 10.1. The second-order valence-electron chi connectivity index (χ2n) is 6.98. The predicted octanol–water partition coefficient (Wildman–Crippen LogP) is 5.17. The van der Waals surface area contributed by atoms with Gasteiger partial charge in [-0.05, 0) is 60.0 Å². The average Bonchev–Trinajstić information content (AvgIpc) is 2.79. The van der Waals surface area contributed by atoms with E-state index in [0.717, 1.165) is 5.56 Å². The second kappa shape index (κ2) is 11.2. The van der Waals surface area contributed by atoms with Crippen LogP contribution in [0.5, 0.6) is 5.75 Å². The molecule has 0 fully saturated rings. The number of ether oxygens (including phenoxy) is 1. The van der Waals surface area contributed by atoms with Gasteiger partial charge in [0.2, 0.25) is 5.91 Å². The number of amides is 1. The van der Waals surface area contributed by atoms with E-state index in [1.54, 1.807) is 54.6 Å². The number of hydrogen-bond acceptors (Lipinski definition) is 4. The Bertz CT molecular complexity index is 1260. The number of nitrogens with one attached hydrogen (secondary N) is 2. The Balaban J connectivity index is 1.56. The fraction of sp³-hybridized carbons (Fsp3) is 0.125. The van der Waals surface area contributed by atoms with Crippen LogP contribution in [0.3, 0.4) is 0 Å². The van der Waals surface area contributed by atoms with E-state index < -0.39 is 10.0 Å². The molecule has 2 N–H and O–H groups in total. The molecule has 1 amide bonds. The summed E-state index contributed by atoms with van der Waals surface area (Å²) >= 11 is 12.0. The highest BCUT2D eigenvalue weighted by atomic mass is 35.5. The van der Waals surface area contributed by atoms with Gasteiger partial charge in [-0.1, -0.05) is 53.5 Å². The number of anilines is 1. The van der Waals surface area contributed by atoms with Crippen LogP contribution >= 0.6 is 23.2 Å². The summed E-state index contributed by atoms with van der Waals surface area (Å²) in [5, 5.41) is 3.90. The highest BCUT2D eigenvalue weighted by molar-refractivity contribution is 7.92. The minimum atomic E-state index is -3.79. The number of methoxy groups -OCH3 is 1. The number of carbonyl (C=O) groups excluding carboxylic acids is 1. The number of hydrogen-bond donors (Lipinski definition) is 2. The van der Waals surface area contributed by atoms with Gasteiger partial charge in [-0.25, -0.2) is 8.42 Å². The molecule has 0 aliphatic rings. The number of para-hydroxylation sites is 2. The molecule has 33 heavy (non-hydrogen) atoms. The van der Waals surface area contributed by atoms with E-state index in [1.165, 1.54) is 25.3 Å². The summed E-state index contributed by atoms with van der Waals surface area (Å²) in [5.41, 5.74) is 1.92. The van der Waals surface area contributed by atoms with Crippen molar-refractivity contribution < 1.29 is 17.9 Å². The predicted molar refractivity (Wildman–Crippen MR) is 132 cm³/mol. The number of benzene rings is 3. The summed E-state index contributed by atoms with van der Waals surface area (Å²) in [6, 6.07) is 18.2. The summed E-state index contributed by atoms with van der Waals surface area (Å²) in [7, 11) is -2.32. The van der Waals surface area contributed by atoms with E-state index in [0.29, 0.717) is 40.0 Å². The van der Waals surface area contributed by atoms with Gasteiger partial charge in [0, 0.05) is 22.7 Å². The molecule has 0 bridgehead atoms. The largest absolute Gasteiger partial charge is 0.495 e. The van der Waals surface area contributed by atoms with Crippen molar-refractivity contribution in [2.45, 2.75) is 11.3 Å². The molecule has 6 nitrogen and oxygen atoms in total. The molecule has 0 heterocycles. The van der Waals surface area contributed by atoms with Crippen LogP contribution in [0, 0.1) is 0 Å². The van der Waals surface area contributed by atoms with Gasteiger partial charge >= 0.3 is 0 Å². The first-order chi connectivity index (χ1) is 15.8.